The van der Waals surface area contributed by atoms with Crippen LogP contribution in [-0.4, -0.2) is 58.7 Å². The molecule has 3 atom stereocenters. The van der Waals surface area contributed by atoms with Crippen LogP contribution in [0.25, 0.3) is 0 Å². The first kappa shape index (κ1) is 19.9. The monoisotopic (exact) mass is 375 g/mol. The molecule has 1 aromatic heterocycles. The smallest absolute Gasteiger partial charge is 0.274 e. The van der Waals surface area contributed by atoms with Gasteiger partial charge in [-0.3, -0.25) is 14.3 Å². The van der Waals surface area contributed by atoms with Gasteiger partial charge in [0, 0.05) is 31.9 Å². The molecule has 150 valence electrons. The van der Waals surface area contributed by atoms with Crippen molar-refractivity contribution < 1.29 is 9.59 Å². The first-order valence-electron chi connectivity index (χ1n) is 10.4. The van der Waals surface area contributed by atoms with Gasteiger partial charge >= 0.3 is 0 Å². The van der Waals surface area contributed by atoms with Gasteiger partial charge in [-0.2, -0.15) is 5.10 Å². The third kappa shape index (κ3) is 5.09. The van der Waals surface area contributed by atoms with Crippen molar-refractivity contribution in [1.82, 2.24) is 25.3 Å². The van der Waals surface area contributed by atoms with Crippen LogP contribution in [0.15, 0.2) is 12.3 Å². The zero-order valence-electron chi connectivity index (χ0n) is 16.6. The largest absolute Gasteiger partial charge is 0.353 e. The van der Waals surface area contributed by atoms with Crippen LogP contribution in [0.3, 0.4) is 0 Å². The third-order valence-electron chi connectivity index (χ3n) is 5.66. The van der Waals surface area contributed by atoms with Crippen LogP contribution < -0.4 is 10.6 Å². The maximum absolute atomic E-state index is 12.9. The van der Waals surface area contributed by atoms with Crippen molar-refractivity contribution in [3.8, 4) is 0 Å². The molecule has 3 heterocycles. The van der Waals surface area contributed by atoms with Gasteiger partial charge in [0.15, 0.2) is 0 Å². The Hall–Kier alpha value is -1.89. The van der Waals surface area contributed by atoms with Crippen LogP contribution in [0.5, 0.6) is 0 Å². The van der Waals surface area contributed by atoms with Gasteiger partial charge in [-0.15, -0.1) is 0 Å². The number of piperidine rings is 2. The van der Waals surface area contributed by atoms with Crippen LogP contribution >= 0.6 is 0 Å². The summed E-state index contributed by atoms with van der Waals surface area (Å²) in [5.74, 6) is -0.101. The number of carbonyl (C=O) groups is 2. The number of aromatic nitrogens is 2. The van der Waals surface area contributed by atoms with Crippen molar-refractivity contribution in [3.05, 3.63) is 18.0 Å². The van der Waals surface area contributed by atoms with E-state index in [0.717, 1.165) is 51.6 Å². The number of amides is 2. The van der Waals surface area contributed by atoms with E-state index >= 15 is 0 Å². The summed E-state index contributed by atoms with van der Waals surface area (Å²) in [5.41, 5.74) is 0.487. The van der Waals surface area contributed by atoms with Gasteiger partial charge in [0.1, 0.15) is 5.69 Å². The molecule has 2 aliphatic heterocycles. The maximum Gasteiger partial charge on any atom is 0.274 e. The number of rotatable bonds is 6. The van der Waals surface area contributed by atoms with Crippen LogP contribution in [0.4, 0.5) is 0 Å². The fraction of sp³-hybridized carbons (Fsp3) is 0.750. The van der Waals surface area contributed by atoms with Crippen LogP contribution in [0.1, 0.15) is 68.9 Å². The highest BCUT2D eigenvalue weighted by Gasteiger charge is 2.30. The molecular formula is C20H33N5O2. The minimum atomic E-state index is -0.119. The molecule has 0 spiro atoms. The van der Waals surface area contributed by atoms with Crippen LogP contribution in [0, 0.1) is 5.92 Å². The second-order valence-electron chi connectivity index (χ2n) is 7.97. The Kier molecular flexibility index (Phi) is 6.88. The van der Waals surface area contributed by atoms with Crippen LogP contribution in [-0.2, 0) is 4.79 Å². The molecule has 0 bridgehead atoms. The normalized spacial score (nSPS) is 24.4. The first-order valence-corrected chi connectivity index (χ1v) is 10.4. The maximum atomic E-state index is 12.9. The Morgan fingerprint density at radius 1 is 1.37 bits per heavy atom. The number of carbonyl (C=O) groups excluding carboxylic acids is 2. The molecule has 3 rings (SSSR count). The standard InChI is InChI=1S/C20H33N5O2/c1-3-6-15(2)22-19(26)16-7-5-11-24(14-16)20(27)18-9-12-25(23-18)17-8-4-10-21-13-17/h9,12,15-17,21H,3-8,10-11,13-14H2,1-2H3,(H,22,26). The lowest BCUT2D eigenvalue weighted by Crippen LogP contribution is -2.47. The predicted molar refractivity (Wildman–Crippen MR) is 105 cm³/mol. The molecular weight excluding hydrogens is 342 g/mol. The van der Waals surface area contributed by atoms with Gasteiger partial charge in [-0.1, -0.05) is 13.3 Å². The van der Waals surface area contributed by atoms with E-state index in [-0.39, 0.29) is 23.8 Å². The fourth-order valence-electron chi connectivity index (χ4n) is 4.12. The van der Waals surface area contributed by atoms with Crippen molar-refractivity contribution in [2.45, 2.75) is 64.5 Å². The topological polar surface area (TPSA) is 79.3 Å². The zero-order valence-corrected chi connectivity index (χ0v) is 16.6. The molecule has 2 fully saturated rings. The molecule has 2 amide bonds. The van der Waals surface area contributed by atoms with Gasteiger partial charge in [-0.25, -0.2) is 0 Å². The molecule has 2 N–H and O–H groups in total. The molecule has 0 radical (unpaired) electrons. The molecule has 3 unspecified atom stereocenters. The Labute approximate surface area is 161 Å². The van der Waals surface area contributed by atoms with E-state index in [1.54, 1.807) is 4.90 Å². The highest BCUT2D eigenvalue weighted by molar-refractivity contribution is 5.92. The van der Waals surface area contributed by atoms with Crippen molar-refractivity contribution in [1.29, 1.82) is 0 Å². The number of hydrogen-bond acceptors (Lipinski definition) is 4. The summed E-state index contributed by atoms with van der Waals surface area (Å²) in [5, 5.41) is 11.0. The summed E-state index contributed by atoms with van der Waals surface area (Å²) in [6.45, 7) is 7.30. The van der Waals surface area contributed by atoms with Crippen LogP contribution in [0.2, 0.25) is 0 Å². The molecule has 0 aliphatic carbocycles. The molecule has 1 aromatic rings. The van der Waals surface area contributed by atoms with E-state index in [9.17, 15) is 9.59 Å². The highest BCUT2D eigenvalue weighted by Crippen LogP contribution is 2.20. The lowest BCUT2D eigenvalue weighted by Gasteiger charge is -2.32. The molecule has 7 heteroatoms. The van der Waals surface area contributed by atoms with Gasteiger partial charge in [0.2, 0.25) is 5.91 Å². The van der Waals surface area contributed by atoms with Gasteiger partial charge < -0.3 is 15.5 Å². The Balaban J connectivity index is 1.58. The molecule has 2 aliphatic rings. The van der Waals surface area contributed by atoms with Crippen molar-refractivity contribution in [3.63, 3.8) is 0 Å². The predicted octanol–water partition coefficient (Wildman–Crippen LogP) is 1.96. The lowest BCUT2D eigenvalue weighted by atomic mass is 9.96. The van der Waals surface area contributed by atoms with Gasteiger partial charge in [0.25, 0.3) is 5.91 Å². The molecule has 0 aromatic carbocycles. The average molecular weight is 376 g/mol. The van der Waals surface area contributed by atoms with E-state index in [0.29, 0.717) is 24.8 Å². The van der Waals surface area contributed by atoms with E-state index in [2.05, 4.69) is 22.7 Å². The number of nitrogens with one attached hydrogen (secondary N) is 2. The first-order chi connectivity index (χ1) is 13.1. The summed E-state index contributed by atoms with van der Waals surface area (Å²) in [4.78, 5) is 27.2. The van der Waals surface area contributed by atoms with E-state index in [1.165, 1.54) is 0 Å². The Morgan fingerprint density at radius 3 is 2.96 bits per heavy atom. The van der Waals surface area contributed by atoms with Gasteiger partial charge in [0.05, 0.1) is 12.0 Å². The van der Waals surface area contributed by atoms with Crippen molar-refractivity contribution in [2.75, 3.05) is 26.2 Å². The SMILES string of the molecule is CCCC(C)NC(=O)C1CCCN(C(=O)c2ccn(C3CCCNC3)n2)C1. The summed E-state index contributed by atoms with van der Waals surface area (Å²) in [6, 6.07) is 2.32. The number of likely N-dealkylation sites (tertiary alicyclic amines) is 1. The Bertz CT molecular complexity index is 638. The summed E-state index contributed by atoms with van der Waals surface area (Å²) in [6.07, 6.45) is 7.86. The lowest BCUT2D eigenvalue weighted by molar-refractivity contribution is -0.127. The third-order valence-corrected chi connectivity index (χ3v) is 5.66. The van der Waals surface area contributed by atoms with E-state index in [1.807, 2.05) is 23.9 Å². The van der Waals surface area contributed by atoms with Gasteiger partial charge in [-0.05, 0) is 51.6 Å². The summed E-state index contributed by atoms with van der Waals surface area (Å²) in [7, 11) is 0. The molecule has 0 saturated carbocycles. The summed E-state index contributed by atoms with van der Waals surface area (Å²) >= 11 is 0. The molecule has 2 saturated heterocycles. The number of nitrogens with zero attached hydrogens (tertiary/aromatic N) is 3. The highest BCUT2D eigenvalue weighted by atomic mass is 16.2. The van der Waals surface area contributed by atoms with E-state index < -0.39 is 0 Å². The minimum Gasteiger partial charge on any atom is -0.353 e. The number of hydrogen-bond donors (Lipinski definition) is 2. The minimum absolute atomic E-state index is 0.0587. The molecule has 27 heavy (non-hydrogen) atoms. The average Bonchev–Trinajstić information content (AvgIpc) is 3.18. The molecule has 7 nitrogen and oxygen atoms in total. The second kappa shape index (κ2) is 9.35. The second-order valence-corrected chi connectivity index (χ2v) is 7.97. The van der Waals surface area contributed by atoms with Crippen molar-refractivity contribution >= 4 is 11.8 Å². The van der Waals surface area contributed by atoms with E-state index in [4.69, 9.17) is 0 Å². The summed E-state index contributed by atoms with van der Waals surface area (Å²) < 4.78 is 1.92. The van der Waals surface area contributed by atoms with Crippen molar-refractivity contribution in [2.24, 2.45) is 5.92 Å². The quantitative estimate of drug-likeness (QED) is 0.797. The fourth-order valence-corrected chi connectivity index (χ4v) is 4.12. The zero-order chi connectivity index (χ0) is 19.2. The Morgan fingerprint density at radius 2 is 2.22 bits per heavy atom.